The summed E-state index contributed by atoms with van der Waals surface area (Å²) < 4.78 is 7.19. The van der Waals surface area contributed by atoms with E-state index < -0.39 is 5.91 Å². The van der Waals surface area contributed by atoms with Crippen molar-refractivity contribution in [3.63, 3.8) is 0 Å². The number of aromatic nitrogens is 2. The summed E-state index contributed by atoms with van der Waals surface area (Å²) in [5.74, 6) is -0.848. The summed E-state index contributed by atoms with van der Waals surface area (Å²) in [6.07, 6.45) is 4.46. The highest BCUT2D eigenvalue weighted by molar-refractivity contribution is 6.11. The maximum atomic E-state index is 12.5. The zero-order valence-electron chi connectivity index (χ0n) is 13.0. The fourth-order valence-corrected chi connectivity index (χ4v) is 3.04. The number of amides is 2. The van der Waals surface area contributed by atoms with Crippen molar-refractivity contribution >= 4 is 28.5 Å². The van der Waals surface area contributed by atoms with Gasteiger partial charge in [-0.1, -0.05) is 12.1 Å². The number of fused-ring (bicyclic) bond motifs is 1. The van der Waals surface area contributed by atoms with Crippen molar-refractivity contribution < 1.29 is 14.0 Å². The first-order valence-electron chi connectivity index (χ1n) is 7.65. The number of anilines is 1. The molecule has 0 saturated heterocycles. The number of furan rings is 1. The van der Waals surface area contributed by atoms with Gasteiger partial charge in [-0.05, 0) is 30.0 Å². The molecule has 1 aliphatic rings. The van der Waals surface area contributed by atoms with E-state index in [1.807, 2.05) is 19.3 Å². The molecule has 0 radical (unpaired) electrons. The van der Waals surface area contributed by atoms with Crippen molar-refractivity contribution in [1.29, 1.82) is 0 Å². The molecule has 0 bridgehead atoms. The van der Waals surface area contributed by atoms with Crippen LogP contribution in [0.3, 0.4) is 0 Å². The van der Waals surface area contributed by atoms with Crippen LogP contribution in [-0.4, -0.2) is 21.6 Å². The van der Waals surface area contributed by atoms with Crippen molar-refractivity contribution in [3.05, 3.63) is 48.0 Å². The predicted molar refractivity (Wildman–Crippen MR) is 87.4 cm³/mol. The fourth-order valence-electron chi connectivity index (χ4n) is 3.04. The van der Waals surface area contributed by atoms with E-state index in [4.69, 9.17) is 10.2 Å². The molecule has 3 N–H and O–H groups in total. The highest BCUT2D eigenvalue weighted by atomic mass is 16.3. The summed E-state index contributed by atoms with van der Waals surface area (Å²) in [5.41, 5.74) is 7.28. The van der Waals surface area contributed by atoms with Crippen LogP contribution in [0.2, 0.25) is 0 Å². The summed E-state index contributed by atoms with van der Waals surface area (Å²) >= 11 is 0. The standard InChI is InChI=1S/C17H16N4O3/c1-21-8-9(7-19-21)11-6-12(11)17(23)20-14-10-4-2-3-5-13(10)24-15(14)16(18)22/h2-5,7-8,11-12H,6H2,1H3,(H2,18,22)(H,20,23)/t11-,12-/m0/s1. The Morgan fingerprint density at radius 1 is 1.38 bits per heavy atom. The number of carbonyl (C=O) groups is 2. The largest absolute Gasteiger partial charge is 0.449 e. The van der Waals surface area contributed by atoms with Crippen molar-refractivity contribution in [3.8, 4) is 0 Å². The lowest BCUT2D eigenvalue weighted by Crippen LogP contribution is -2.18. The Morgan fingerprint density at radius 3 is 2.88 bits per heavy atom. The third kappa shape index (κ3) is 2.34. The summed E-state index contributed by atoms with van der Waals surface area (Å²) in [6, 6.07) is 7.12. The SMILES string of the molecule is Cn1cc([C@@H]2C[C@@H]2C(=O)Nc2c(C(N)=O)oc3ccccc23)cn1. The van der Waals surface area contributed by atoms with Crippen LogP contribution in [0.1, 0.15) is 28.5 Å². The molecule has 2 heterocycles. The number of hydrogen-bond acceptors (Lipinski definition) is 4. The maximum Gasteiger partial charge on any atom is 0.286 e. The zero-order chi connectivity index (χ0) is 16.8. The normalized spacial score (nSPS) is 19.4. The Bertz CT molecular complexity index is 956. The number of rotatable bonds is 4. The Balaban J connectivity index is 1.59. The van der Waals surface area contributed by atoms with Gasteiger partial charge in [-0.3, -0.25) is 14.3 Å². The predicted octanol–water partition coefficient (Wildman–Crippen LogP) is 2.01. The summed E-state index contributed by atoms with van der Waals surface area (Å²) in [4.78, 5) is 24.2. The van der Waals surface area contributed by atoms with Crippen LogP contribution in [0.4, 0.5) is 5.69 Å². The monoisotopic (exact) mass is 324 g/mol. The van der Waals surface area contributed by atoms with Crippen LogP contribution in [-0.2, 0) is 11.8 Å². The smallest absolute Gasteiger partial charge is 0.286 e. The molecule has 3 aromatic rings. The number of para-hydroxylation sites is 1. The van der Waals surface area contributed by atoms with Crippen LogP contribution in [0, 0.1) is 5.92 Å². The van der Waals surface area contributed by atoms with Crippen LogP contribution >= 0.6 is 0 Å². The number of benzene rings is 1. The third-order valence-corrected chi connectivity index (χ3v) is 4.35. The van der Waals surface area contributed by atoms with E-state index in [-0.39, 0.29) is 23.5 Å². The quantitative estimate of drug-likeness (QED) is 0.766. The van der Waals surface area contributed by atoms with Crippen LogP contribution in [0.5, 0.6) is 0 Å². The lowest BCUT2D eigenvalue weighted by atomic mass is 10.1. The van der Waals surface area contributed by atoms with Crippen LogP contribution < -0.4 is 11.1 Å². The van der Waals surface area contributed by atoms with Crippen molar-refractivity contribution in [1.82, 2.24) is 9.78 Å². The molecule has 1 aromatic carbocycles. The van der Waals surface area contributed by atoms with Crippen molar-refractivity contribution in [2.45, 2.75) is 12.3 Å². The van der Waals surface area contributed by atoms with E-state index in [0.717, 1.165) is 12.0 Å². The first-order valence-corrected chi connectivity index (χ1v) is 7.65. The molecule has 4 rings (SSSR count). The molecule has 2 aromatic heterocycles. The molecule has 2 amide bonds. The van der Waals surface area contributed by atoms with Gasteiger partial charge in [0.1, 0.15) is 11.3 Å². The van der Waals surface area contributed by atoms with Gasteiger partial charge in [0, 0.05) is 24.5 Å². The lowest BCUT2D eigenvalue weighted by molar-refractivity contribution is -0.117. The minimum atomic E-state index is -0.707. The Kier molecular flexibility index (Phi) is 3.16. The first-order chi connectivity index (χ1) is 11.5. The number of nitrogens with zero attached hydrogens (tertiary/aromatic N) is 2. The van der Waals surface area contributed by atoms with E-state index in [0.29, 0.717) is 16.7 Å². The molecule has 0 unspecified atom stereocenters. The van der Waals surface area contributed by atoms with Gasteiger partial charge in [-0.25, -0.2) is 0 Å². The minimum absolute atomic E-state index is 0.0249. The van der Waals surface area contributed by atoms with E-state index >= 15 is 0 Å². The second kappa shape index (κ2) is 5.23. The highest BCUT2D eigenvalue weighted by Crippen LogP contribution is 2.48. The molecule has 1 fully saturated rings. The van der Waals surface area contributed by atoms with Gasteiger partial charge in [-0.2, -0.15) is 5.10 Å². The molecule has 2 atom stereocenters. The highest BCUT2D eigenvalue weighted by Gasteiger charge is 2.45. The third-order valence-electron chi connectivity index (χ3n) is 4.35. The lowest BCUT2D eigenvalue weighted by Gasteiger charge is -2.04. The van der Waals surface area contributed by atoms with Gasteiger partial charge in [0.05, 0.1) is 6.20 Å². The second-order valence-corrected chi connectivity index (χ2v) is 6.05. The molecule has 7 nitrogen and oxygen atoms in total. The first kappa shape index (κ1) is 14.5. The van der Waals surface area contributed by atoms with Crippen molar-refractivity contribution in [2.24, 2.45) is 18.7 Å². The number of nitrogens with two attached hydrogens (primary N) is 1. The average Bonchev–Trinajstić information content (AvgIpc) is 3.12. The van der Waals surface area contributed by atoms with Gasteiger partial charge in [-0.15, -0.1) is 0 Å². The van der Waals surface area contributed by atoms with Gasteiger partial charge in [0.2, 0.25) is 11.7 Å². The minimum Gasteiger partial charge on any atom is -0.449 e. The number of aryl methyl sites for hydroxylation is 1. The fraction of sp³-hybridized carbons (Fsp3) is 0.235. The van der Waals surface area contributed by atoms with Crippen LogP contribution in [0.15, 0.2) is 41.1 Å². The number of primary amides is 1. The Morgan fingerprint density at radius 2 is 2.17 bits per heavy atom. The number of hydrogen-bond donors (Lipinski definition) is 2. The number of carbonyl (C=O) groups excluding carboxylic acids is 2. The molecular weight excluding hydrogens is 308 g/mol. The summed E-state index contributed by atoms with van der Waals surface area (Å²) in [5, 5.41) is 7.62. The van der Waals surface area contributed by atoms with E-state index in [9.17, 15) is 9.59 Å². The molecule has 0 spiro atoms. The van der Waals surface area contributed by atoms with Gasteiger partial charge >= 0.3 is 0 Å². The molecule has 24 heavy (non-hydrogen) atoms. The summed E-state index contributed by atoms with van der Waals surface area (Å²) in [7, 11) is 1.84. The Labute approximate surface area is 137 Å². The molecule has 0 aliphatic heterocycles. The maximum absolute atomic E-state index is 12.5. The number of nitrogens with one attached hydrogen (secondary N) is 1. The van der Waals surface area contributed by atoms with E-state index in [1.54, 1.807) is 29.1 Å². The topological polar surface area (TPSA) is 103 Å². The van der Waals surface area contributed by atoms with Gasteiger partial charge in [0.25, 0.3) is 5.91 Å². The summed E-state index contributed by atoms with van der Waals surface area (Å²) in [6.45, 7) is 0. The molecule has 7 heteroatoms. The van der Waals surface area contributed by atoms with Gasteiger partial charge in [0.15, 0.2) is 0 Å². The molecule has 1 aliphatic carbocycles. The Hall–Kier alpha value is -3.09. The van der Waals surface area contributed by atoms with E-state index in [2.05, 4.69) is 10.4 Å². The van der Waals surface area contributed by atoms with Gasteiger partial charge < -0.3 is 15.5 Å². The molecule has 122 valence electrons. The molecular formula is C17H16N4O3. The van der Waals surface area contributed by atoms with Crippen molar-refractivity contribution in [2.75, 3.05) is 5.32 Å². The van der Waals surface area contributed by atoms with Crippen LogP contribution in [0.25, 0.3) is 11.0 Å². The van der Waals surface area contributed by atoms with E-state index in [1.165, 1.54) is 0 Å². The molecule has 1 saturated carbocycles. The average molecular weight is 324 g/mol. The zero-order valence-corrected chi connectivity index (χ0v) is 13.0. The second-order valence-electron chi connectivity index (χ2n) is 6.05.